The summed E-state index contributed by atoms with van der Waals surface area (Å²) < 4.78 is 13.0. The van der Waals surface area contributed by atoms with E-state index >= 15 is 0 Å². The molecule has 4 aromatic rings. The zero-order valence-electron chi connectivity index (χ0n) is 13.5. The second kappa shape index (κ2) is 7.06. The Hall–Kier alpha value is -2.42. The van der Waals surface area contributed by atoms with Gasteiger partial charge >= 0.3 is 0 Å². The molecule has 8 heteroatoms. The molecule has 0 radical (unpaired) electrons. The zero-order chi connectivity index (χ0) is 18.1. The highest BCUT2D eigenvalue weighted by molar-refractivity contribution is 7.22. The van der Waals surface area contributed by atoms with Crippen molar-refractivity contribution in [1.29, 1.82) is 0 Å². The van der Waals surface area contributed by atoms with Crippen LogP contribution in [0.5, 0.6) is 0 Å². The van der Waals surface area contributed by atoms with Crippen LogP contribution in [0.2, 0.25) is 0 Å². The Balaban J connectivity index is 1.53. The summed E-state index contributed by atoms with van der Waals surface area (Å²) >= 11 is 4.30. The van der Waals surface area contributed by atoms with E-state index in [9.17, 15) is 9.18 Å². The van der Waals surface area contributed by atoms with Crippen molar-refractivity contribution in [3.05, 3.63) is 63.5 Å². The molecule has 0 aliphatic carbocycles. The van der Waals surface area contributed by atoms with E-state index < -0.39 is 0 Å². The minimum Gasteiger partial charge on any atom is -0.297 e. The number of benzene rings is 1. The first kappa shape index (κ1) is 17.0. The topological polar surface area (TPSA) is 54.9 Å². The Labute approximate surface area is 161 Å². The van der Waals surface area contributed by atoms with Gasteiger partial charge in [0.2, 0.25) is 0 Å². The fourth-order valence-electron chi connectivity index (χ4n) is 2.35. The lowest BCUT2D eigenvalue weighted by atomic mass is 10.2. The largest absolute Gasteiger partial charge is 0.297 e. The Bertz CT molecular complexity index is 1050. The van der Waals surface area contributed by atoms with Crippen molar-refractivity contribution in [2.75, 3.05) is 5.32 Å². The van der Waals surface area contributed by atoms with Crippen LogP contribution in [0.3, 0.4) is 0 Å². The van der Waals surface area contributed by atoms with Crippen LogP contribution in [0, 0.1) is 12.7 Å². The minimum atomic E-state index is -0.292. The highest BCUT2D eigenvalue weighted by Gasteiger charge is 2.18. The summed E-state index contributed by atoms with van der Waals surface area (Å²) in [5, 5.41) is 7.99. The second-order valence-corrected chi connectivity index (χ2v) is 8.21. The van der Waals surface area contributed by atoms with Crippen LogP contribution in [0.15, 0.2) is 47.2 Å². The van der Waals surface area contributed by atoms with Gasteiger partial charge in [-0.15, -0.1) is 34.0 Å². The number of carbonyl (C=O) groups is 1. The molecule has 0 atom stereocenters. The summed E-state index contributed by atoms with van der Waals surface area (Å²) in [6, 6.07) is 10.1. The molecule has 3 aromatic heterocycles. The summed E-state index contributed by atoms with van der Waals surface area (Å²) in [6.45, 7) is 1.83. The fourth-order valence-corrected chi connectivity index (χ4v) is 4.82. The number of nitrogens with one attached hydrogen (secondary N) is 1. The molecule has 1 N–H and O–H groups in total. The van der Waals surface area contributed by atoms with Crippen molar-refractivity contribution < 1.29 is 9.18 Å². The molecule has 1 amide bonds. The maximum atomic E-state index is 13.0. The van der Waals surface area contributed by atoms with Crippen molar-refractivity contribution in [2.24, 2.45) is 0 Å². The number of rotatable bonds is 4. The second-order valence-electron chi connectivity index (χ2n) is 5.41. The number of amides is 1. The maximum Gasteiger partial charge on any atom is 0.269 e. The Morgan fingerprint density at radius 3 is 2.65 bits per heavy atom. The van der Waals surface area contributed by atoms with Crippen molar-refractivity contribution in [3.8, 4) is 21.1 Å². The Morgan fingerprint density at radius 2 is 1.92 bits per heavy atom. The first-order valence-electron chi connectivity index (χ1n) is 7.64. The van der Waals surface area contributed by atoms with E-state index in [1.807, 2.05) is 29.8 Å². The summed E-state index contributed by atoms with van der Waals surface area (Å²) in [5.41, 5.74) is 2.20. The minimum absolute atomic E-state index is 0.220. The number of thiazole rings is 2. The molecule has 26 heavy (non-hydrogen) atoms. The van der Waals surface area contributed by atoms with Gasteiger partial charge in [0, 0.05) is 10.9 Å². The predicted molar refractivity (Wildman–Crippen MR) is 106 cm³/mol. The number of hydrogen-bond donors (Lipinski definition) is 1. The van der Waals surface area contributed by atoms with Crippen molar-refractivity contribution >= 4 is 45.0 Å². The Morgan fingerprint density at radius 1 is 1.12 bits per heavy atom. The van der Waals surface area contributed by atoms with Gasteiger partial charge in [0.25, 0.3) is 5.91 Å². The molecule has 3 heterocycles. The molecular weight excluding hydrogens is 389 g/mol. The average Bonchev–Trinajstić information content (AvgIpc) is 3.35. The number of nitrogens with zero attached hydrogens (tertiary/aromatic N) is 2. The number of anilines is 1. The molecular formula is C18H12FN3OS3. The van der Waals surface area contributed by atoms with Gasteiger partial charge in [-0.3, -0.25) is 10.1 Å². The van der Waals surface area contributed by atoms with Crippen LogP contribution < -0.4 is 5.32 Å². The van der Waals surface area contributed by atoms with Crippen molar-refractivity contribution in [3.63, 3.8) is 0 Å². The molecule has 0 saturated carbocycles. The first-order valence-corrected chi connectivity index (χ1v) is 10.2. The standard InChI is InChI=1S/C18H12FN3OS3/c1-10-15(26-17(20-10)14-3-2-8-24-14)16(23)22-18-21-13(9-25-18)11-4-6-12(19)7-5-11/h2-9H,1H3,(H,21,22,23). The monoisotopic (exact) mass is 401 g/mol. The van der Waals surface area contributed by atoms with Gasteiger partial charge in [0.05, 0.1) is 16.3 Å². The van der Waals surface area contributed by atoms with Gasteiger partial charge in [-0.05, 0) is 42.6 Å². The van der Waals surface area contributed by atoms with E-state index in [1.54, 1.807) is 23.5 Å². The van der Waals surface area contributed by atoms with Crippen LogP contribution in [-0.4, -0.2) is 15.9 Å². The smallest absolute Gasteiger partial charge is 0.269 e. The third kappa shape index (κ3) is 3.44. The van der Waals surface area contributed by atoms with E-state index in [1.165, 1.54) is 34.8 Å². The van der Waals surface area contributed by atoms with Gasteiger partial charge in [0.1, 0.15) is 15.7 Å². The fraction of sp³-hybridized carbons (Fsp3) is 0.0556. The summed E-state index contributed by atoms with van der Waals surface area (Å²) in [5.74, 6) is -0.512. The third-order valence-electron chi connectivity index (χ3n) is 3.60. The molecule has 0 unspecified atom stereocenters. The van der Waals surface area contributed by atoms with E-state index in [2.05, 4.69) is 15.3 Å². The summed E-state index contributed by atoms with van der Waals surface area (Å²) in [7, 11) is 0. The summed E-state index contributed by atoms with van der Waals surface area (Å²) in [4.78, 5) is 23.1. The van der Waals surface area contributed by atoms with Crippen LogP contribution in [0.25, 0.3) is 21.1 Å². The van der Waals surface area contributed by atoms with Crippen LogP contribution >= 0.6 is 34.0 Å². The highest BCUT2D eigenvalue weighted by atomic mass is 32.1. The van der Waals surface area contributed by atoms with Crippen molar-refractivity contribution in [2.45, 2.75) is 6.92 Å². The molecule has 0 aliphatic heterocycles. The molecule has 130 valence electrons. The lowest BCUT2D eigenvalue weighted by Crippen LogP contribution is -2.11. The predicted octanol–water partition coefficient (Wildman–Crippen LogP) is 5.69. The number of aromatic nitrogens is 2. The third-order valence-corrected chi connectivity index (χ3v) is 6.55. The number of aryl methyl sites for hydroxylation is 1. The molecule has 0 saturated heterocycles. The van der Waals surface area contributed by atoms with Crippen LogP contribution in [0.1, 0.15) is 15.4 Å². The Kier molecular flexibility index (Phi) is 4.62. The molecule has 4 rings (SSSR count). The average molecular weight is 402 g/mol. The SMILES string of the molecule is Cc1nc(-c2cccs2)sc1C(=O)Nc1nc(-c2ccc(F)cc2)cs1. The highest BCUT2D eigenvalue weighted by Crippen LogP contribution is 2.32. The first-order chi connectivity index (χ1) is 12.6. The van der Waals surface area contributed by atoms with Gasteiger partial charge in [0.15, 0.2) is 5.13 Å². The molecule has 0 spiro atoms. The van der Waals surface area contributed by atoms with Gasteiger partial charge < -0.3 is 0 Å². The number of thiophene rings is 1. The van der Waals surface area contributed by atoms with E-state index in [4.69, 9.17) is 0 Å². The van der Waals surface area contributed by atoms with E-state index in [0.717, 1.165) is 15.4 Å². The summed E-state index contributed by atoms with van der Waals surface area (Å²) in [6.07, 6.45) is 0. The molecule has 1 aromatic carbocycles. The van der Waals surface area contributed by atoms with Crippen LogP contribution in [-0.2, 0) is 0 Å². The molecule has 0 aliphatic rings. The number of carbonyl (C=O) groups excluding carboxylic acids is 1. The number of hydrogen-bond acceptors (Lipinski definition) is 6. The van der Waals surface area contributed by atoms with Crippen LogP contribution in [0.4, 0.5) is 9.52 Å². The van der Waals surface area contributed by atoms with Gasteiger partial charge in [-0.1, -0.05) is 6.07 Å². The van der Waals surface area contributed by atoms with Crippen molar-refractivity contribution in [1.82, 2.24) is 9.97 Å². The van der Waals surface area contributed by atoms with E-state index in [-0.39, 0.29) is 11.7 Å². The normalized spacial score (nSPS) is 10.8. The zero-order valence-corrected chi connectivity index (χ0v) is 16.0. The maximum absolute atomic E-state index is 13.0. The van der Waals surface area contributed by atoms with Gasteiger partial charge in [-0.2, -0.15) is 0 Å². The molecule has 0 bridgehead atoms. The molecule has 0 fully saturated rings. The quantitative estimate of drug-likeness (QED) is 0.478. The number of halogens is 1. The van der Waals surface area contributed by atoms with Gasteiger partial charge in [-0.25, -0.2) is 14.4 Å². The lowest BCUT2D eigenvalue weighted by molar-refractivity contribution is 0.103. The lowest BCUT2D eigenvalue weighted by Gasteiger charge is -1.99. The molecule has 4 nitrogen and oxygen atoms in total. The van der Waals surface area contributed by atoms with E-state index in [0.29, 0.717) is 21.4 Å².